The minimum Gasteiger partial charge on any atom is -0.352 e. The lowest BCUT2D eigenvalue weighted by molar-refractivity contribution is -0.128. The molecule has 2 N–H and O–H groups in total. The van der Waals surface area contributed by atoms with Crippen LogP contribution in [0.4, 0.5) is 0 Å². The van der Waals surface area contributed by atoms with Crippen molar-refractivity contribution in [3.63, 3.8) is 0 Å². The lowest BCUT2D eigenvalue weighted by Crippen LogP contribution is -2.49. The fraction of sp³-hybridized carbons (Fsp3) is 0.474. The number of hydrogen-bond donors (Lipinski definition) is 2. The number of hydrogen-bond acceptors (Lipinski definition) is 3. The van der Waals surface area contributed by atoms with Crippen molar-refractivity contribution in [3.8, 4) is 0 Å². The number of nitrogens with zero attached hydrogens (tertiary/aromatic N) is 1. The molecule has 130 valence electrons. The molecular weight excluding hydrogens is 302 g/mol. The van der Waals surface area contributed by atoms with E-state index < -0.39 is 0 Å². The molecule has 0 aliphatic carbocycles. The summed E-state index contributed by atoms with van der Waals surface area (Å²) in [6.45, 7) is 8.11. The van der Waals surface area contributed by atoms with Gasteiger partial charge < -0.3 is 10.6 Å². The first kappa shape index (κ1) is 18.2. The average Bonchev–Trinajstić information content (AvgIpc) is 2.64. The van der Waals surface area contributed by atoms with Crippen LogP contribution in [-0.4, -0.2) is 42.4 Å². The fourth-order valence-corrected chi connectivity index (χ4v) is 2.96. The van der Waals surface area contributed by atoms with E-state index in [1.165, 1.54) is 0 Å². The number of rotatable bonds is 7. The molecule has 0 saturated carbocycles. The zero-order valence-electron chi connectivity index (χ0n) is 14.3. The zero-order chi connectivity index (χ0) is 17.4. The maximum absolute atomic E-state index is 12.3. The number of amides is 2. The van der Waals surface area contributed by atoms with Crippen LogP contribution < -0.4 is 10.6 Å². The molecule has 1 heterocycles. The van der Waals surface area contributed by atoms with Crippen molar-refractivity contribution < 1.29 is 9.59 Å². The predicted octanol–water partition coefficient (Wildman–Crippen LogP) is 1.71. The van der Waals surface area contributed by atoms with Gasteiger partial charge in [0.15, 0.2) is 0 Å². The third-order valence-electron chi connectivity index (χ3n) is 4.56. The topological polar surface area (TPSA) is 61.4 Å². The van der Waals surface area contributed by atoms with Crippen molar-refractivity contribution in [1.29, 1.82) is 0 Å². The van der Waals surface area contributed by atoms with Gasteiger partial charge in [-0.2, -0.15) is 0 Å². The first-order valence-corrected chi connectivity index (χ1v) is 8.56. The Hall–Kier alpha value is -2.14. The van der Waals surface area contributed by atoms with Crippen molar-refractivity contribution in [3.05, 3.63) is 48.6 Å². The molecular formula is C19H27N3O2. The molecule has 1 aliphatic heterocycles. The van der Waals surface area contributed by atoms with Crippen LogP contribution in [0.15, 0.2) is 43.0 Å². The molecule has 24 heavy (non-hydrogen) atoms. The van der Waals surface area contributed by atoms with Gasteiger partial charge in [-0.15, -0.1) is 6.58 Å². The van der Waals surface area contributed by atoms with E-state index in [2.05, 4.69) is 22.1 Å². The number of carbonyl (C=O) groups excluding carboxylic acids is 2. The standard InChI is InChI=1S/C19H27N3O2/c1-3-11-20-18(23)15(2)22-12-9-17(10-13-22)19(24)21-14-16-7-5-4-6-8-16/h3-8,15,17H,1,9-14H2,2H3,(H,20,23)(H,21,24)/t15-/m1/s1. The summed E-state index contributed by atoms with van der Waals surface area (Å²) < 4.78 is 0. The third kappa shape index (κ3) is 5.20. The smallest absolute Gasteiger partial charge is 0.237 e. The molecule has 0 bridgehead atoms. The molecule has 2 rings (SSSR count). The second-order valence-electron chi connectivity index (χ2n) is 6.22. The summed E-state index contributed by atoms with van der Waals surface area (Å²) in [6, 6.07) is 9.75. The molecule has 0 spiro atoms. The number of likely N-dealkylation sites (tertiary alicyclic amines) is 1. The summed E-state index contributed by atoms with van der Waals surface area (Å²) in [4.78, 5) is 26.4. The highest BCUT2D eigenvalue weighted by atomic mass is 16.2. The normalized spacial score (nSPS) is 17.0. The molecule has 1 atom stereocenters. The van der Waals surface area contributed by atoms with Crippen molar-refractivity contribution in [2.45, 2.75) is 32.4 Å². The highest BCUT2D eigenvalue weighted by molar-refractivity contribution is 5.81. The highest BCUT2D eigenvalue weighted by Crippen LogP contribution is 2.19. The van der Waals surface area contributed by atoms with Gasteiger partial charge >= 0.3 is 0 Å². The first-order chi connectivity index (χ1) is 11.6. The van der Waals surface area contributed by atoms with Crippen LogP contribution in [0.2, 0.25) is 0 Å². The van der Waals surface area contributed by atoms with Crippen LogP contribution in [0.25, 0.3) is 0 Å². The van der Waals surface area contributed by atoms with E-state index in [-0.39, 0.29) is 23.8 Å². The molecule has 0 aromatic heterocycles. The number of carbonyl (C=O) groups is 2. The van der Waals surface area contributed by atoms with Gasteiger partial charge in [0.05, 0.1) is 6.04 Å². The van der Waals surface area contributed by atoms with Gasteiger partial charge in [-0.3, -0.25) is 14.5 Å². The summed E-state index contributed by atoms with van der Waals surface area (Å²) in [5, 5.41) is 5.84. The Balaban J connectivity index is 1.74. The van der Waals surface area contributed by atoms with Gasteiger partial charge in [-0.05, 0) is 38.4 Å². The second-order valence-corrected chi connectivity index (χ2v) is 6.22. The van der Waals surface area contributed by atoms with E-state index >= 15 is 0 Å². The Labute approximate surface area is 144 Å². The molecule has 1 aromatic rings. The van der Waals surface area contributed by atoms with E-state index in [0.717, 1.165) is 31.5 Å². The Morgan fingerprint density at radius 1 is 1.25 bits per heavy atom. The van der Waals surface area contributed by atoms with E-state index in [0.29, 0.717) is 13.1 Å². The number of nitrogens with one attached hydrogen (secondary N) is 2. The van der Waals surface area contributed by atoms with Gasteiger partial charge in [0.1, 0.15) is 0 Å². The molecule has 1 fully saturated rings. The highest BCUT2D eigenvalue weighted by Gasteiger charge is 2.29. The quantitative estimate of drug-likeness (QED) is 0.749. The molecule has 0 radical (unpaired) electrons. The Morgan fingerprint density at radius 2 is 1.92 bits per heavy atom. The van der Waals surface area contributed by atoms with Crippen LogP contribution in [0.5, 0.6) is 0 Å². The predicted molar refractivity (Wildman–Crippen MR) is 95.3 cm³/mol. The SMILES string of the molecule is C=CCNC(=O)[C@@H](C)N1CCC(C(=O)NCc2ccccc2)CC1. The Morgan fingerprint density at radius 3 is 2.54 bits per heavy atom. The summed E-state index contributed by atoms with van der Waals surface area (Å²) in [7, 11) is 0. The van der Waals surface area contributed by atoms with Crippen molar-refractivity contribution in [2.24, 2.45) is 5.92 Å². The minimum absolute atomic E-state index is 0.0156. The van der Waals surface area contributed by atoms with Crippen molar-refractivity contribution >= 4 is 11.8 Å². The maximum Gasteiger partial charge on any atom is 0.237 e. The fourth-order valence-electron chi connectivity index (χ4n) is 2.96. The monoisotopic (exact) mass is 329 g/mol. The average molecular weight is 329 g/mol. The van der Waals surface area contributed by atoms with Gasteiger partial charge in [0, 0.05) is 19.0 Å². The lowest BCUT2D eigenvalue weighted by atomic mass is 9.95. The molecule has 0 unspecified atom stereocenters. The molecule has 2 amide bonds. The van der Waals surface area contributed by atoms with E-state index in [4.69, 9.17) is 0 Å². The van der Waals surface area contributed by atoms with Crippen molar-refractivity contribution in [1.82, 2.24) is 15.5 Å². The van der Waals surface area contributed by atoms with Crippen LogP contribution in [-0.2, 0) is 16.1 Å². The van der Waals surface area contributed by atoms with E-state index in [1.807, 2.05) is 37.3 Å². The van der Waals surface area contributed by atoms with E-state index in [9.17, 15) is 9.59 Å². The van der Waals surface area contributed by atoms with Crippen molar-refractivity contribution in [2.75, 3.05) is 19.6 Å². The maximum atomic E-state index is 12.3. The van der Waals surface area contributed by atoms with Crippen LogP contribution in [0.1, 0.15) is 25.3 Å². The molecule has 1 aliphatic rings. The third-order valence-corrected chi connectivity index (χ3v) is 4.56. The Bertz CT molecular complexity index is 551. The molecule has 5 heteroatoms. The summed E-state index contributed by atoms with van der Waals surface area (Å²) >= 11 is 0. The molecule has 1 saturated heterocycles. The van der Waals surface area contributed by atoms with Gasteiger partial charge in [0.25, 0.3) is 0 Å². The van der Waals surface area contributed by atoms with Crippen LogP contribution in [0, 0.1) is 5.92 Å². The second kappa shape index (κ2) is 9.23. The zero-order valence-corrected chi connectivity index (χ0v) is 14.3. The largest absolute Gasteiger partial charge is 0.352 e. The first-order valence-electron chi connectivity index (χ1n) is 8.56. The van der Waals surface area contributed by atoms with Crippen LogP contribution >= 0.6 is 0 Å². The molecule has 5 nitrogen and oxygen atoms in total. The number of benzene rings is 1. The Kier molecular flexibility index (Phi) is 7.00. The lowest BCUT2D eigenvalue weighted by Gasteiger charge is -2.34. The van der Waals surface area contributed by atoms with Gasteiger partial charge in [-0.25, -0.2) is 0 Å². The minimum atomic E-state index is -0.168. The van der Waals surface area contributed by atoms with Crippen LogP contribution in [0.3, 0.4) is 0 Å². The summed E-state index contributed by atoms with van der Waals surface area (Å²) in [6.07, 6.45) is 3.26. The summed E-state index contributed by atoms with van der Waals surface area (Å²) in [5.74, 6) is 0.164. The van der Waals surface area contributed by atoms with Gasteiger partial charge in [0.2, 0.25) is 11.8 Å². The van der Waals surface area contributed by atoms with Gasteiger partial charge in [-0.1, -0.05) is 36.4 Å². The molecule has 1 aromatic carbocycles. The number of piperidine rings is 1. The van der Waals surface area contributed by atoms with E-state index in [1.54, 1.807) is 6.08 Å². The summed E-state index contributed by atoms with van der Waals surface area (Å²) in [5.41, 5.74) is 1.11.